The van der Waals surface area contributed by atoms with Crippen molar-refractivity contribution in [3.8, 4) is 22.5 Å². The van der Waals surface area contributed by atoms with Crippen molar-refractivity contribution in [2.24, 2.45) is 0 Å². The van der Waals surface area contributed by atoms with Crippen molar-refractivity contribution < 1.29 is 14.6 Å². The van der Waals surface area contributed by atoms with Crippen LogP contribution in [0.15, 0.2) is 48.5 Å². The third-order valence-corrected chi connectivity index (χ3v) is 4.55. The van der Waals surface area contributed by atoms with E-state index in [4.69, 9.17) is 27.9 Å². The first-order valence-electron chi connectivity index (χ1n) is 8.94. The van der Waals surface area contributed by atoms with Gasteiger partial charge in [-0.15, -0.1) is 0 Å². The molecule has 5 nitrogen and oxygen atoms in total. The number of nitrogens with zero attached hydrogens (tertiary/aromatic N) is 2. The lowest BCUT2D eigenvalue weighted by Crippen LogP contribution is -2.21. The van der Waals surface area contributed by atoms with E-state index in [1.165, 1.54) is 0 Å². The van der Waals surface area contributed by atoms with Gasteiger partial charge in [-0.3, -0.25) is 0 Å². The summed E-state index contributed by atoms with van der Waals surface area (Å²) in [6.07, 6.45) is 0. The summed E-state index contributed by atoms with van der Waals surface area (Å²) in [5, 5.41) is 10.9. The lowest BCUT2D eigenvalue weighted by atomic mass is 10.0. The molecule has 0 saturated heterocycles. The summed E-state index contributed by atoms with van der Waals surface area (Å²) in [6.45, 7) is 5.70. The predicted octanol–water partition coefficient (Wildman–Crippen LogP) is 6.13. The van der Waals surface area contributed by atoms with Crippen molar-refractivity contribution in [2.45, 2.75) is 33.0 Å². The zero-order valence-corrected chi connectivity index (χ0v) is 17.8. The molecule has 0 atom stereocenters. The van der Waals surface area contributed by atoms with Gasteiger partial charge in [0.1, 0.15) is 5.69 Å². The molecule has 0 aliphatic carbocycles. The van der Waals surface area contributed by atoms with Crippen LogP contribution in [0.3, 0.4) is 0 Å². The molecule has 3 rings (SSSR count). The molecule has 0 bridgehead atoms. The Bertz CT molecular complexity index is 1030. The van der Waals surface area contributed by atoms with Crippen LogP contribution in [0.5, 0.6) is 0 Å². The van der Waals surface area contributed by atoms with Crippen LogP contribution in [0.1, 0.15) is 37.0 Å². The molecule has 0 radical (unpaired) electrons. The molecule has 1 N–H and O–H groups in total. The molecular formula is C22H20Cl2N2O3. The average molecular weight is 431 g/mol. The third kappa shape index (κ3) is 5.32. The molecule has 1 heterocycles. The van der Waals surface area contributed by atoms with Crippen LogP contribution in [0, 0.1) is 0 Å². The number of hydrogen-bond donors (Lipinski definition) is 1. The Balaban J connectivity index is 2.22. The van der Waals surface area contributed by atoms with Gasteiger partial charge in [0.2, 0.25) is 0 Å². The minimum absolute atomic E-state index is 0.0274. The molecule has 2 aromatic carbocycles. The van der Waals surface area contributed by atoms with Gasteiger partial charge in [-0.1, -0.05) is 47.5 Å². The highest BCUT2D eigenvalue weighted by Crippen LogP contribution is 2.32. The van der Waals surface area contributed by atoms with Gasteiger partial charge in [-0.25, -0.2) is 14.8 Å². The van der Waals surface area contributed by atoms with E-state index in [9.17, 15) is 9.90 Å². The number of aromatic carboxylic acids is 1. The number of aromatic nitrogens is 2. The first-order valence-corrected chi connectivity index (χ1v) is 9.70. The SMILES string of the molecule is CC(C)(C)OCc1nc(-c2ccc(Cl)cc2)c(-c2ccc(Cl)cc2)nc1C(=O)O. The van der Waals surface area contributed by atoms with Crippen molar-refractivity contribution in [2.75, 3.05) is 0 Å². The zero-order chi connectivity index (χ0) is 21.2. The molecular weight excluding hydrogens is 411 g/mol. The molecule has 0 saturated carbocycles. The smallest absolute Gasteiger partial charge is 0.356 e. The van der Waals surface area contributed by atoms with E-state index in [0.717, 1.165) is 5.56 Å². The second-order valence-electron chi connectivity index (χ2n) is 7.44. The molecule has 0 aliphatic rings. The van der Waals surface area contributed by atoms with Crippen LogP contribution in [-0.2, 0) is 11.3 Å². The lowest BCUT2D eigenvalue weighted by Gasteiger charge is -2.20. The fourth-order valence-electron chi connectivity index (χ4n) is 2.64. The second kappa shape index (κ2) is 8.49. The van der Waals surface area contributed by atoms with Gasteiger partial charge in [0.25, 0.3) is 0 Å². The number of carbonyl (C=O) groups is 1. The van der Waals surface area contributed by atoms with E-state index in [1.807, 2.05) is 32.9 Å². The Morgan fingerprint density at radius 1 is 0.897 bits per heavy atom. The van der Waals surface area contributed by atoms with E-state index in [-0.39, 0.29) is 18.0 Å². The van der Waals surface area contributed by atoms with Crippen molar-refractivity contribution in [1.82, 2.24) is 9.97 Å². The summed E-state index contributed by atoms with van der Waals surface area (Å²) in [7, 11) is 0. The Morgan fingerprint density at radius 2 is 1.34 bits per heavy atom. The standard InChI is InChI=1S/C22H20Cl2N2O3/c1-22(2,3)29-12-17-20(21(27)28)26-19(14-6-10-16(24)11-7-14)18(25-17)13-4-8-15(23)9-5-13/h4-11H,12H2,1-3H3,(H,27,28). The molecule has 0 spiro atoms. The van der Waals surface area contributed by atoms with Gasteiger partial charge in [-0.2, -0.15) is 0 Å². The van der Waals surface area contributed by atoms with E-state index in [0.29, 0.717) is 27.0 Å². The van der Waals surface area contributed by atoms with Crippen molar-refractivity contribution in [1.29, 1.82) is 0 Å². The molecule has 7 heteroatoms. The molecule has 150 valence electrons. The van der Waals surface area contributed by atoms with Crippen molar-refractivity contribution in [3.63, 3.8) is 0 Å². The largest absolute Gasteiger partial charge is 0.476 e. The first-order chi connectivity index (χ1) is 13.6. The van der Waals surface area contributed by atoms with Crippen LogP contribution >= 0.6 is 23.2 Å². The molecule has 29 heavy (non-hydrogen) atoms. The highest BCUT2D eigenvalue weighted by atomic mass is 35.5. The number of carboxylic acid groups (broad SMARTS) is 1. The number of carboxylic acids is 1. The maximum atomic E-state index is 11.9. The highest BCUT2D eigenvalue weighted by Gasteiger charge is 2.22. The topological polar surface area (TPSA) is 72.3 Å². The number of halogens is 2. The van der Waals surface area contributed by atoms with Gasteiger partial charge in [0, 0.05) is 21.2 Å². The Labute approximate surface area is 179 Å². The van der Waals surface area contributed by atoms with E-state index in [2.05, 4.69) is 9.97 Å². The molecule has 1 aromatic heterocycles. The van der Waals surface area contributed by atoms with E-state index >= 15 is 0 Å². The number of rotatable bonds is 5. The summed E-state index contributed by atoms with van der Waals surface area (Å²) in [6, 6.07) is 14.1. The van der Waals surface area contributed by atoms with Crippen LogP contribution < -0.4 is 0 Å². The normalized spacial score (nSPS) is 11.5. The third-order valence-electron chi connectivity index (χ3n) is 4.05. The minimum Gasteiger partial charge on any atom is -0.476 e. The Kier molecular flexibility index (Phi) is 6.22. The van der Waals surface area contributed by atoms with Crippen molar-refractivity contribution in [3.05, 3.63) is 70.0 Å². The Hall–Kier alpha value is -2.47. The van der Waals surface area contributed by atoms with Crippen molar-refractivity contribution >= 4 is 29.2 Å². The quantitative estimate of drug-likeness (QED) is 0.526. The predicted molar refractivity (Wildman–Crippen MR) is 114 cm³/mol. The lowest BCUT2D eigenvalue weighted by molar-refractivity contribution is -0.0170. The summed E-state index contributed by atoms with van der Waals surface area (Å²) in [5.41, 5.74) is 2.13. The average Bonchev–Trinajstić information content (AvgIpc) is 2.66. The fraction of sp³-hybridized carbons (Fsp3) is 0.227. The maximum absolute atomic E-state index is 11.9. The molecule has 0 aliphatic heterocycles. The van der Waals surface area contributed by atoms with Crippen LogP contribution in [0.2, 0.25) is 10.0 Å². The van der Waals surface area contributed by atoms with Gasteiger partial charge in [-0.05, 0) is 45.0 Å². The maximum Gasteiger partial charge on any atom is 0.356 e. The summed E-state index contributed by atoms with van der Waals surface area (Å²) >= 11 is 12.0. The van der Waals surface area contributed by atoms with Gasteiger partial charge in [0.05, 0.1) is 23.6 Å². The number of benzene rings is 2. The first kappa shape index (κ1) is 21.2. The van der Waals surface area contributed by atoms with Crippen LogP contribution in [-0.4, -0.2) is 26.6 Å². The molecule has 0 amide bonds. The fourth-order valence-corrected chi connectivity index (χ4v) is 2.90. The summed E-state index contributed by atoms with van der Waals surface area (Å²) < 4.78 is 5.77. The monoisotopic (exact) mass is 430 g/mol. The van der Waals surface area contributed by atoms with E-state index in [1.54, 1.807) is 36.4 Å². The number of ether oxygens (including phenoxy) is 1. The molecule has 0 unspecified atom stereocenters. The minimum atomic E-state index is -1.16. The van der Waals surface area contributed by atoms with Gasteiger partial charge < -0.3 is 9.84 Å². The summed E-state index contributed by atoms with van der Waals surface area (Å²) in [5.74, 6) is -1.16. The Morgan fingerprint density at radius 3 is 1.76 bits per heavy atom. The number of hydrogen-bond acceptors (Lipinski definition) is 4. The second-order valence-corrected chi connectivity index (χ2v) is 8.31. The highest BCUT2D eigenvalue weighted by molar-refractivity contribution is 6.31. The van der Waals surface area contributed by atoms with E-state index < -0.39 is 11.6 Å². The summed E-state index contributed by atoms with van der Waals surface area (Å²) in [4.78, 5) is 21.0. The molecule has 0 fully saturated rings. The molecule has 3 aromatic rings. The van der Waals surface area contributed by atoms with Crippen LogP contribution in [0.4, 0.5) is 0 Å². The zero-order valence-electron chi connectivity index (χ0n) is 16.2. The van der Waals surface area contributed by atoms with Crippen LogP contribution in [0.25, 0.3) is 22.5 Å². The van der Waals surface area contributed by atoms with Gasteiger partial charge >= 0.3 is 5.97 Å². The van der Waals surface area contributed by atoms with Gasteiger partial charge in [0.15, 0.2) is 5.69 Å².